The van der Waals surface area contributed by atoms with E-state index in [4.69, 9.17) is 11.6 Å². The van der Waals surface area contributed by atoms with E-state index in [9.17, 15) is 13.2 Å². The van der Waals surface area contributed by atoms with Gasteiger partial charge in [0.25, 0.3) is 0 Å². The van der Waals surface area contributed by atoms with E-state index in [1.54, 1.807) is 24.0 Å². The molecule has 1 aromatic heterocycles. The maximum atomic E-state index is 12.7. The van der Waals surface area contributed by atoms with Gasteiger partial charge in [0.1, 0.15) is 0 Å². The number of carbonyl (C=O) groups excluding carboxylic acids is 1. The van der Waals surface area contributed by atoms with Gasteiger partial charge < -0.3 is 9.88 Å². The third-order valence-corrected chi connectivity index (χ3v) is 7.39. The minimum Gasteiger partial charge on any atom is -0.358 e. The second-order valence-electron chi connectivity index (χ2n) is 7.75. The first kappa shape index (κ1) is 20.9. The third-order valence-electron chi connectivity index (χ3n) is 5.55. The molecule has 0 unspecified atom stereocenters. The van der Waals surface area contributed by atoms with Crippen molar-refractivity contribution in [3.63, 3.8) is 0 Å². The van der Waals surface area contributed by atoms with Crippen LogP contribution in [-0.4, -0.2) is 37.3 Å². The van der Waals surface area contributed by atoms with Crippen LogP contribution in [0, 0.1) is 13.8 Å². The summed E-state index contributed by atoms with van der Waals surface area (Å²) >= 11 is 6.14. The van der Waals surface area contributed by atoms with Crippen molar-refractivity contribution < 1.29 is 13.2 Å². The number of H-pyrrole nitrogens is 1. The number of benzene rings is 2. The Hall–Kier alpha value is -2.35. The Morgan fingerprint density at radius 3 is 2.80 bits per heavy atom. The summed E-state index contributed by atoms with van der Waals surface area (Å²) in [5, 5.41) is 1.69. The monoisotopic (exact) mass is 445 g/mol. The fraction of sp³-hybridized carbons (Fsp3) is 0.318. The average Bonchev–Trinajstić information content (AvgIpc) is 3.06. The smallest absolute Gasteiger partial charge is 0.240 e. The van der Waals surface area contributed by atoms with E-state index in [2.05, 4.69) is 9.71 Å². The fourth-order valence-corrected chi connectivity index (χ4v) is 5.46. The maximum absolute atomic E-state index is 12.7. The van der Waals surface area contributed by atoms with Crippen LogP contribution < -0.4 is 4.72 Å². The van der Waals surface area contributed by atoms with Crippen LogP contribution in [0.4, 0.5) is 0 Å². The van der Waals surface area contributed by atoms with Crippen molar-refractivity contribution >= 4 is 38.4 Å². The zero-order chi connectivity index (χ0) is 21.5. The Labute approximate surface area is 181 Å². The highest BCUT2D eigenvalue weighted by molar-refractivity contribution is 7.89. The molecule has 0 saturated carbocycles. The summed E-state index contributed by atoms with van der Waals surface area (Å²) in [5.74, 6) is -0.0688. The second kappa shape index (κ2) is 8.06. The predicted molar refractivity (Wildman–Crippen MR) is 118 cm³/mol. The van der Waals surface area contributed by atoms with Crippen molar-refractivity contribution in [3.8, 4) is 0 Å². The van der Waals surface area contributed by atoms with Crippen LogP contribution in [0.15, 0.2) is 41.3 Å². The number of halogens is 1. The van der Waals surface area contributed by atoms with E-state index in [0.29, 0.717) is 23.7 Å². The van der Waals surface area contributed by atoms with Gasteiger partial charge in [-0.2, -0.15) is 0 Å². The molecule has 0 radical (unpaired) electrons. The molecule has 2 heterocycles. The minimum atomic E-state index is -3.65. The molecule has 2 aromatic carbocycles. The molecule has 0 atom stereocenters. The van der Waals surface area contributed by atoms with E-state index < -0.39 is 10.0 Å². The van der Waals surface area contributed by atoms with Gasteiger partial charge in [-0.15, -0.1) is 0 Å². The number of amides is 1. The molecule has 1 amide bonds. The van der Waals surface area contributed by atoms with Crippen molar-refractivity contribution in [3.05, 3.63) is 63.8 Å². The molecular weight excluding hydrogens is 422 g/mol. The lowest BCUT2D eigenvalue weighted by Crippen LogP contribution is -2.38. The first-order valence-corrected chi connectivity index (χ1v) is 11.7. The molecular formula is C22H24ClN3O3S. The summed E-state index contributed by atoms with van der Waals surface area (Å²) in [7, 11) is -3.65. The van der Waals surface area contributed by atoms with Gasteiger partial charge in [0, 0.05) is 59.7 Å². The van der Waals surface area contributed by atoms with Crippen LogP contribution >= 0.6 is 11.6 Å². The molecule has 3 aromatic rings. The van der Waals surface area contributed by atoms with Crippen molar-refractivity contribution in [2.75, 3.05) is 13.1 Å². The summed E-state index contributed by atoms with van der Waals surface area (Å²) in [6.45, 7) is 4.79. The number of nitrogens with zero attached hydrogens (tertiary/aromatic N) is 1. The maximum Gasteiger partial charge on any atom is 0.240 e. The van der Waals surface area contributed by atoms with Gasteiger partial charge in [-0.1, -0.05) is 23.7 Å². The van der Waals surface area contributed by atoms with Gasteiger partial charge in [-0.05, 0) is 49.2 Å². The quantitative estimate of drug-likeness (QED) is 0.628. The molecule has 0 fully saturated rings. The number of fused-ring (bicyclic) bond motifs is 3. The van der Waals surface area contributed by atoms with Crippen molar-refractivity contribution in [1.82, 2.24) is 14.6 Å². The topological polar surface area (TPSA) is 82.3 Å². The fourth-order valence-electron chi connectivity index (χ4n) is 3.92. The Balaban J connectivity index is 1.41. The summed E-state index contributed by atoms with van der Waals surface area (Å²) in [6.07, 6.45) is 0.851. The standard InChI is InChI=1S/C22H24ClN3O3S/c1-14-3-4-15(2)21(11-14)30(28,29)24-9-7-22(27)26-10-8-20-18(13-26)17-12-16(23)5-6-19(17)25-20/h3-6,11-12,24-25H,7-10,13H2,1-2H3. The lowest BCUT2D eigenvalue weighted by molar-refractivity contribution is -0.131. The minimum absolute atomic E-state index is 0.0671. The van der Waals surface area contributed by atoms with Crippen LogP contribution in [-0.2, 0) is 27.8 Å². The van der Waals surface area contributed by atoms with E-state index in [-0.39, 0.29) is 23.8 Å². The van der Waals surface area contributed by atoms with Gasteiger partial charge in [0.05, 0.1) is 4.90 Å². The zero-order valence-corrected chi connectivity index (χ0v) is 18.5. The number of hydrogen-bond acceptors (Lipinski definition) is 3. The van der Waals surface area contributed by atoms with E-state index in [0.717, 1.165) is 34.1 Å². The molecule has 30 heavy (non-hydrogen) atoms. The molecule has 4 rings (SSSR count). The first-order valence-electron chi connectivity index (χ1n) is 9.88. The summed E-state index contributed by atoms with van der Waals surface area (Å²) in [6, 6.07) is 11.0. The highest BCUT2D eigenvalue weighted by Gasteiger charge is 2.24. The molecule has 2 N–H and O–H groups in total. The molecule has 1 aliphatic rings. The Kier molecular flexibility index (Phi) is 5.61. The lowest BCUT2D eigenvalue weighted by atomic mass is 10.0. The number of carbonyl (C=O) groups is 1. The summed E-state index contributed by atoms with van der Waals surface area (Å²) < 4.78 is 27.8. The van der Waals surface area contributed by atoms with Crippen molar-refractivity contribution in [1.29, 1.82) is 0 Å². The predicted octanol–water partition coefficient (Wildman–Crippen LogP) is 3.69. The molecule has 0 saturated heterocycles. The molecule has 0 spiro atoms. The zero-order valence-electron chi connectivity index (χ0n) is 17.0. The third kappa shape index (κ3) is 4.10. The molecule has 8 heteroatoms. The van der Waals surface area contributed by atoms with Gasteiger partial charge >= 0.3 is 0 Å². The Bertz CT molecular complexity index is 1230. The van der Waals surface area contributed by atoms with E-state index in [1.807, 2.05) is 31.2 Å². The number of aromatic amines is 1. The van der Waals surface area contributed by atoms with Gasteiger partial charge in [0.2, 0.25) is 15.9 Å². The normalized spacial score (nSPS) is 14.2. The SMILES string of the molecule is Cc1ccc(C)c(S(=O)(=O)NCCC(=O)N2CCc3[nH]c4ccc(Cl)cc4c3C2)c1. The lowest BCUT2D eigenvalue weighted by Gasteiger charge is -2.27. The van der Waals surface area contributed by atoms with Gasteiger partial charge in [-0.3, -0.25) is 4.79 Å². The van der Waals surface area contributed by atoms with E-state index in [1.165, 1.54) is 0 Å². The van der Waals surface area contributed by atoms with Crippen LogP contribution in [0.5, 0.6) is 0 Å². The summed E-state index contributed by atoms with van der Waals surface area (Å²) in [5.41, 5.74) is 4.79. The van der Waals surface area contributed by atoms with Crippen LogP contribution in [0.25, 0.3) is 10.9 Å². The number of aryl methyl sites for hydroxylation is 2. The van der Waals surface area contributed by atoms with Gasteiger partial charge in [0.15, 0.2) is 0 Å². The summed E-state index contributed by atoms with van der Waals surface area (Å²) in [4.78, 5) is 18.2. The van der Waals surface area contributed by atoms with Crippen LogP contribution in [0.3, 0.4) is 0 Å². The Morgan fingerprint density at radius 1 is 1.20 bits per heavy atom. The molecule has 0 bridgehead atoms. The molecule has 158 valence electrons. The largest absolute Gasteiger partial charge is 0.358 e. The number of hydrogen-bond donors (Lipinski definition) is 2. The van der Waals surface area contributed by atoms with E-state index >= 15 is 0 Å². The Morgan fingerprint density at radius 2 is 2.00 bits per heavy atom. The van der Waals surface area contributed by atoms with Gasteiger partial charge in [-0.25, -0.2) is 13.1 Å². The highest BCUT2D eigenvalue weighted by Crippen LogP contribution is 2.30. The highest BCUT2D eigenvalue weighted by atomic mass is 35.5. The molecule has 1 aliphatic heterocycles. The van der Waals surface area contributed by atoms with Crippen molar-refractivity contribution in [2.45, 2.75) is 38.1 Å². The average molecular weight is 446 g/mol. The number of aromatic nitrogens is 1. The van der Waals surface area contributed by atoms with Crippen LogP contribution in [0.2, 0.25) is 5.02 Å². The number of nitrogens with one attached hydrogen (secondary N) is 2. The number of rotatable bonds is 5. The molecule has 0 aliphatic carbocycles. The second-order valence-corrected chi connectivity index (χ2v) is 9.93. The van der Waals surface area contributed by atoms with Crippen LogP contribution in [0.1, 0.15) is 28.8 Å². The van der Waals surface area contributed by atoms with Crippen molar-refractivity contribution in [2.24, 2.45) is 0 Å². The molecule has 6 nitrogen and oxygen atoms in total. The number of sulfonamides is 1. The first-order chi connectivity index (χ1) is 14.2.